The van der Waals surface area contributed by atoms with Crippen molar-refractivity contribution in [3.8, 4) is 0 Å². The van der Waals surface area contributed by atoms with Gasteiger partial charge in [0.05, 0.1) is 0 Å². The monoisotopic (exact) mass is 272 g/mol. The van der Waals surface area contributed by atoms with Gasteiger partial charge in [-0.25, -0.2) is 0 Å². The zero-order chi connectivity index (χ0) is 12.5. The molecule has 1 unspecified atom stereocenters. The lowest BCUT2D eigenvalue weighted by molar-refractivity contribution is -0.0435. The maximum Gasteiger partial charge on any atom is 0.519 e. The first kappa shape index (κ1) is 14.6. The van der Waals surface area contributed by atoms with Crippen molar-refractivity contribution in [2.24, 2.45) is 3.77 Å². The fourth-order valence-electron chi connectivity index (χ4n) is 0.379. The van der Waals surface area contributed by atoms with Crippen LogP contribution in [0.25, 0.3) is 0 Å². The average Bonchev–Trinajstić information content (AvgIpc) is 1.98. The average molecular weight is 272 g/mol. The van der Waals surface area contributed by atoms with Crippen LogP contribution in [-0.2, 0) is 20.3 Å². The molecule has 5 nitrogen and oxygen atoms in total. The number of hydrogen-bond donors (Lipinski definition) is 0. The molecule has 0 rings (SSSR count). The van der Waals surface area contributed by atoms with Gasteiger partial charge in [-0.15, -0.1) is 3.89 Å². The third-order valence-electron chi connectivity index (χ3n) is 1.31. The predicted octanol–water partition coefficient (Wildman–Crippen LogP) is 1.06. The Bertz CT molecular complexity index is 433. The van der Waals surface area contributed by atoms with Crippen LogP contribution in [-0.4, -0.2) is 36.0 Å². The van der Waals surface area contributed by atoms with Crippen molar-refractivity contribution < 1.29 is 29.7 Å². The van der Waals surface area contributed by atoms with Crippen LogP contribution in [0, 0.1) is 0 Å². The lowest BCUT2D eigenvalue weighted by Crippen LogP contribution is -2.27. The van der Waals surface area contributed by atoms with Gasteiger partial charge in [-0.3, -0.25) is 0 Å². The van der Waals surface area contributed by atoms with E-state index in [2.05, 4.69) is 0 Å². The van der Waals surface area contributed by atoms with Crippen LogP contribution < -0.4 is 0 Å². The number of hydrogen-bond acceptors (Lipinski definition) is 3. The van der Waals surface area contributed by atoms with E-state index in [1.54, 1.807) is 3.77 Å². The quantitative estimate of drug-likeness (QED) is 0.570. The molecular formula is C4H8F4N2O3S2. The molecule has 0 amide bonds. The summed E-state index contributed by atoms with van der Waals surface area (Å²) in [5.74, 6) is 0. The first-order valence-electron chi connectivity index (χ1n) is 3.44. The summed E-state index contributed by atoms with van der Waals surface area (Å²) >= 11 is 0. The second-order valence-electron chi connectivity index (χ2n) is 2.37. The maximum atomic E-state index is 12.9. The fourth-order valence-corrected chi connectivity index (χ4v) is 2.46. The molecule has 0 fully saturated rings. The summed E-state index contributed by atoms with van der Waals surface area (Å²) in [7, 11) is -10.3. The van der Waals surface area contributed by atoms with E-state index in [4.69, 9.17) is 0 Å². The number of alkyl halides is 3. The number of nitrogens with zero attached hydrogens (tertiary/aromatic N) is 2. The first-order valence-corrected chi connectivity index (χ1v) is 6.26. The molecule has 0 aromatic heterocycles. The van der Waals surface area contributed by atoms with Crippen molar-refractivity contribution in [3.05, 3.63) is 0 Å². The van der Waals surface area contributed by atoms with Gasteiger partial charge >= 0.3 is 15.5 Å². The minimum absolute atomic E-state index is 0.258. The minimum atomic E-state index is -6.08. The topological polar surface area (TPSA) is 66.8 Å². The van der Waals surface area contributed by atoms with Gasteiger partial charge in [0.1, 0.15) is 0 Å². The van der Waals surface area contributed by atoms with Crippen molar-refractivity contribution in [3.63, 3.8) is 0 Å². The fraction of sp³-hybridized carbons (Fsp3) is 1.00. The highest BCUT2D eigenvalue weighted by molar-refractivity contribution is 8.00. The first-order chi connectivity index (χ1) is 6.44. The van der Waals surface area contributed by atoms with E-state index in [1.807, 2.05) is 0 Å². The van der Waals surface area contributed by atoms with E-state index in [1.165, 1.54) is 6.92 Å². The molecule has 0 N–H and O–H groups in total. The lowest BCUT2D eigenvalue weighted by atomic mass is 10.8. The molecule has 0 saturated heterocycles. The molecule has 0 radical (unpaired) electrons. The molecule has 0 aromatic rings. The van der Waals surface area contributed by atoms with Gasteiger partial charge in [-0.1, -0.05) is 10.7 Å². The highest BCUT2D eigenvalue weighted by Gasteiger charge is 2.47. The molecule has 0 aliphatic heterocycles. The minimum Gasteiger partial charge on any atom is -0.198 e. The largest absolute Gasteiger partial charge is 0.519 e. The molecule has 1 atom stereocenters. The van der Waals surface area contributed by atoms with Crippen LogP contribution in [0.15, 0.2) is 3.77 Å². The van der Waals surface area contributed by atoms with Crippen molar-refractivity contribution in [2.75, 3.05) is 13.6 Å². The summed E-state index contributed by atoms with van der Waals surface area (Å²) in [6, 6.07) is 0. The van der Waals surface area contributed by atoms with Crippen LogP contribution >= 0.6 is 0 Å². The molecule has 0 heterocycles. The zero-order valence-corrected chi connectivity index (χ0v) is 9.29. The molecule has 0 aromatic carbocycles. The summed E-state index contributed by atoms with van der Waals surface area (Å²) in [5, 5.41) is 0. The summed E-state index contributed by atoms with van der Waals surface area (Å²) in [6.07, 6.45) is 0. The van der Waals surface area contributed by atoms with Crippen LogP contribution in [0.2, 0.25) is 0 Å². The molecule has 92 valence electrons. The van der Waals surface area contributed by atoms with Crippen LogP contribution in [0.5, 0.6) is 0 Å². The normalized spacial score (nSPS) is 17.5. The van der Waals surface area contributed by atoms with Crippen molar-refractivity contribution in [1.29, 1.82) is 0 Å². The van der Waals surface area contributed by atoms with Gasteiger partial charge in [0, 0.05) is 13.6 Å². The zero-order valence-electron chi connectivity index (χ0n) is 7.65. The summed E-state index contributed by atoms with van der Waals surface area (Å²) in [6.45, 7) is 1.02. The van der Waals surface area contributed by atoms with E-state index < -0.39 is 25.8 Å². The highest BCUT2D eigenvalue weighted by Crippen LogP contribution is 2.26. The van der Waals surface area contributed by atoms with Gasteiger partial charge < -0.3 is 0 Å². The Morgan fingerprint density at radius 3 is 1.93 bits per heavy atom. The summed E-state index contributed by atoms with van der Waals surface area (Å²) in [5.41, 5.74) is -5.75. The smallest absolute Gasteiger partial charge is 0.198 e. The Labute approximate surface area is 84.7 Å². The maximum absolute atomic E-state index is 12.9. The van der Waals surface area contributed by atoms with Crippen LogP contribution in [0.4, 0.5) is 17.1 Å². The second-order valence-corrected chi connectivity index (χ2v) is 5.87. The summed E-state index contributed by atoms with van der Waals surface area (Å²) in [4.78, 5) is 0. The van der Waals surface area contributed by atoms with E-state index in [0.29, 0.717) is 0 Å². The Morgan fingerprint density at radius 2 is 1.67 bits per heavy atom. The van der Waals surface area contributed by atoms with Crippen LogP contribution in [0.3, 0.4) is 0 Å². The summed E-state index contributed by atoms with van der Waals surface area (Å²) < 4.78 is 81.6. The molecule has 11 heteroatoms. The molecule has 0 bridgehead atoms. The Hall–Kier alpha value is -0.420. The van der Waals surface area contributed by atoms with Crippen molar-refractivity contribution >= 4 is 20.3 Å². The van der Waals surface area contributed by atoms with Gasteiger partial charge in [-0.05, 0) is 0 Å². The number of halogens is 4. The molecular weight excluding hydrogens is 264 g/mol. The van der Waals surface area contributed by atoms with Gasteiger partial charge in [0.2, 0.25) is 0 Å². The van der Waals surface area contributed by atoms with Gasteiger partial charge in [0.25, 0.3) is 10.3 Å². The Balaban J connectivity index is 5.53. The molecule has 15 heavy (non-hydrogen) atoms. The SMILES string of the molecule is CCN(C)S(=O)(F)=NS(=O)(=O)C(F)(F)F. The highest BCUT2D eigenvalue weighted by atomic mass is 32.3. The number of rotatable bonds is 3. The third-order valence-corrected chi connectivity index (χ3v) is 4.44. The van der Waals surface area contributed by atoms with Gasteiger partial charge in [-0.2, -0.15) is 30.1 Å². The Kier molecular flexibility index (Phi) is 4.10. The lowest BCUT2D eigenvalue weighted by Gasteiger charge is -2.11. The predicted molar refractivity (Wildman–Crippen MR) is 45.0 cm³/mol. The van der Waals surface area contributed by atoms with Gasteiger partial charge in [0.15, 0.2) is 0 Å². The standard InChI is InChI=1S/C4H8F4N2O3S2/c1-3-10(2)15(8,13)9-14(11,12)4(5,6)7/h3H2,1-2H3. The molecule has 0 aliphatic rings. The molecule has 0 saturated carbocycles. The Morgan fingerprint density at radius 1 is 1.27 bits per heavy atom. The second kappa shape index (κ2) is 4.22. The third kappa shape index (κ3) is 3.57. The molecule has 0 spiro atoms. The molecule has 0 aliphatic carbocycles. The van der Waals surface area contributed by atoms with Crippen LogP contribution in [0.1, 0.15) is 6.92 Å². The van der Waals surface area contributed by atoms with E-state index in [-0.39, 0.29) is 10.8 Å². The van der Waals surface area contributed by atoms with Crippen molar-refractivity contribution in [1.82, 2.24) is 4.31 Å². The number of sulfonamides is 1. The van der Waals surface area contributed by atoms with E-state index in [0.717, 1.165) is 7.05 Å². The van der Waals surface area contributed by atoms with E-state index >= 15 is 0 Å². The van der Waals surface area contributed by atoms with E-state index in [9.17, 15) is 29.7 Å². The van der Waals surface area contributed by atoms with Crippen molar-refractivity contribution in [2.45, 2.75) is 12.4 Å².